The molecule has 7 heteroatoms. The zero-order chi connectivity index (χ0) is 17.9. The summed E-state index contributed by atoms with van der Waals surface area (Å²) in [6, 6.07) is 14.1. The van der Waals surface area contributed by atoms with Crippen LogP contribution < -0.4 is 4.72 Å². The molecule has 1 saturated heterocycles. The standard InChI is InChI=1S/C18H20N2O4S/c21-13-17(14-6-2-1-3-7-14)19-25(23,24)16-9-4-8-15(12-16)18(22)20-10-5-11-20/h1-4,6-9,12,17,19,21H,5,10-11,13H2/t17-/m1/s1. The van der Waals surface area contributed by atoms with E-state index >= 15 is 0 Å². The Balaban J connectivity index is 1.83. The minimum absolute atomic E-state index is 0.00764. The first kappa shape index (κ1) is 17.6. The third-order valence-electron chi connectivity index (χ3n) is 4.22. The van der Waals surface area contributed by atoms with Crippen molar-refractivity contribution in [1.82, 2.24) is 9.62 Å². The molecule has 0 aliphatic carbocycles. The molecule has 2 aromatic rings. The first-order valence-electron chi connectivity index (χ1n) is 8.09. The van der Waals surface area contributed by atoms with Crippen molar-refractivity contribution >= 4 is 15.9 Å². The Labute approximate surface area is 147 Å². The van der Waals surface area contributed by atoms with Crippen molar-refractivity contribution in [3.63, 3.8) is 0 Å². The molecule has 1 heterocycles. The molecule has 0 bridgehead atoms. The highest BCUT2D eigenvalue weighted by molar-refractivity contribution is 7.89. The molecule has 0 saturated carbocycles. The number of hydrogen-bond donors (Lipinski definition) is 2. The normalized spacial score (nSPS) is 15.5. The Morgan fingerprint density at radius 1 is 1.12 bits per heavy atom. The molecule has 2 aromatic carbocycles. The van der Waals surface area contributed by atoms with Gasteiger partial charge in [0, 0.05) is 18.7 Å². The van der Waals surface area contributed by atoms with Gasteiger partial charge in [0.25, 0.3) is 5.91 Å². The van der Waals surface area contributed by atoms with Crippen LogP contribution in [-0.4, -0.2) is 44.0 Å². The molecule has 3 rings (SSSR count). The molecule has 132 valence electrons. The van der Waals surface area contributed by atoms with E-state index in [0.717, 1.165) is 6.42 Å². The van der Waals surface area contributed by atoms with Crippen molar-refractivity contribution in [3.8, 4) is 0 Å². The number of nitrogens with zero attached hydrogens (tertiary/aromatic N) is 1. The molecule has 1 amide bonds. The Kier molecular flexibility index (Phi) is 5.17. The topological polar surface area (TPSA) is 86.7 Å². The van der Waals surface area contributed by atoms with Gasteiger partial charge in [0.05, 0.1) is 17.5 Å². The van der Waals surface area contributed by atoms with Gasteiger partial charge in [-0.15, -0.1) is 0 Å². The summed E-state index contributed by atoms with van der Waals surface area (Å²) in [7, 11) is -3.87. The lowest BCUT2D eigenvalue weighted by Gasteiger charge is -2.31. The molecule has 1 atom stereocenters. The molecule has 2 N–H and O–H groups in total. The lowest BCUT2D eigenvalue weighted by molar-refractivity contribution is 0.0651. The van der Waals surface area contributed by atoms with Gasteiger partial charge in [-0.2, -0.15) is 0 Å². The fourth-order valence-corrected chi connectivity index (χ4v) is 3.91. The number of hydrogen-bond acceptors (Lipinski definition) is 4. The van der Waals surface area contributed by atoms with Gasteiger partial charge in [-0.05, 0) is 30.2 Å². The zero-order valence-electron chi connectivity index (χ0n) is 13.6. The zero-order valence-corrected chi connectivity index (χ0v) is 14.4. The SMILES string of the molecule is O=C(c1cccc(S(=O)(=O)N[C@H](CO)c2ccccc2)c1)N1CCC1. The number of carbonyl (C=O) groups is 1. The van der Waals surface area contributed by atoms with E-state index in [0.29, 0.717) is 24.2 Å². The van der Waals surface area contributed by atoms with Crippen LogP contribution in [0.5, 0.6) is 0 Å². The summed E-state index contributed by atoms with van der Waals surface area (Å²) in [6.45, 7) is 1.04. The molecular weight excluding hydrogens is 340 g/mol. The van der Waals surface area contributed by atoms with Crippen LogP contribution in [0.4, 0.5) is 0 Å². The number of aliphatic hydroxyl groups excluding tert-OH is 1. The van der Waals surface area contributed by atoms with Crippen molar-refractivity contribution in [2.45, 2.75) is 17.4 Å². The summed E-state index contributed by atoms with van der Waals surface area (Å²) >= 11 is 0. The Morgan fingerprint density at radius 2 is 1.84 bits per heavy atom. The van der Waals surface area contributed by atoms with E-state index < -0.39 is 16.1 Å². The fraction of sp³-hybridized carbons (Fsp3) is 0.278. The number of likely N-dealkylation sites (tertiary alicyclic amines) is 1. The second-order valence-corrected chi connectivity index (χ2v) is 7.65. The molecule has 6 nitrogen and oxygen atoms in total. The third kappa shape index (κ3) is 3.89. The molecule has 1 fully saturated rings. The van der Waals surface area contributed by atoms with Crippen LogP contribution in [0.15, 0.2) is 59.5 Å². The number of rotatable bonds is 6. The van der Waals surface area contributed by atoms with Crippen LogP contribution in [0, 0.1) is 0 Å². The Morgan fingerprint density at radius 3 is 2.44 bits per heavy atom. The van der Waals surface area contributed by atoms with E-state index in [9.17, 15) is 18.3 Å². The van der Waals surface area contributed by atoms with E-state index in [1.165, 1.54) is 12.1 Å². The van der Waals surface area contributed by atoms with E-state index in [1.807, 2.05) is 6.07 Å². The first-order chi connectivity index (χ1) is 12.0. The van der Waals surface area contributed by atoms with Gasteiger partial charge >= 0.3 is 0 Å². The molecule has 25 heavy (non-hydrogen) atoms. The minimum Gasteiger partial charge on any atom is -0.394 e. The number of carbonyl (C=O) groups excluding carboxylic acids is 1. The molecule has 1 aliphatic heterocycles. The highest BCUT2D eigenvalue weighted by Gasteiger charge is 2.25. The van der Waals surface area contributed by atoms with Crippen molar-refractivity contribution < 1.29 is 18.3 Å². The molecule has 0 aromatic heterocycles. The minimum atomic E-state index is -3.87. The highest BCUT2D eigenvalue weighted by atomic mass is 32.2. The fourth-order valence-electron chi connectivity index (χ4n) is 2.65. The maximum Gasteiger partial charge on any atom is 0.253 e. The predicted octanol–water partition coefficient (Wildman–Crippen LogP) is 1.54. The second-order valence-electron chi connectivity index (χ2n) is 5.94. The summed E-state index contributed by atoms with van der Waals surface area (Å²) < 4.78 is 27.8. The van der Waals surface area contributed by atoms with Gasteiger partial charge < -0.3 is 10.0 Å². The van der Waals surface area contributed by atoms with E-state index in [2.05, 4.69) is 4.72 Å². The van der Waals surface area contributed by atoms with Crippen LogP contribution in [0.3, 0.4) is 0 Å². The quantitative estimate of drug-likeness (QED) is 0.818. The van der Waals surface area contributed by atoms with Gasteiger partial charge in [-0.1, -0.05) is 36.4 Å². The van der Waals surface area contributed by atoms with Gasteiger partial charge in [-0.3, -0.25) is 4.79 Å². The van der Waals surface area contributed by atoms with E-state index in [1.54, 1.807) is 41.3 Å². The van der Waals surface area contributed by atoms with Gasteiger partial charge in [-0.25, -0.2) is 13.1 Å². The van der Waals surface area contributed by atoms with Crippen molar-refractivity contribution in [1.29, 1.82) is 0 Å². The maximum atomic E-state index is 12.7. The van der Waals surface area contributed by atoms with E-state index in [-0.39, 0.29) is 17.4 Å². The average Bonchev–Trinajstić information content (AvgIpc) is 2.59. The summed E-state index contributed by atoms with van der Waals surface area (Å²) in [4.78, 5) is 14.0. The van der Waals surface area contributed by atoms with Crippen molar-refractivity contribution in [2.75, 3.05) is 19.7 Å². The molecule has 0 spiro atoms. The van der Waals surface area contributed by atoms with Crippen LogP contribution in [0.2, 0.25) is 0 Å². The number of sulfonamides is 1. The number of aliphatic hydroxyl groups is 1. The Hall–Kier alpha value is -2.22. The number of nitrogens with one attached hydrogen (secondary N) is 1. The molecule has 0 unspecified atom stereocenters. The predicted molar refractivity (Wildman–Crippen MR) is 93.6 cm³/mol. The second kappa shape index (κ2) is 7.35. The number of amides is 1. The molecule has 1 aliphatic rings. The summed E-state index contributed by atoms with van der Waals surface area (Å²) in [5, 5.41) is 9.56. The largest absolute Gasteiger partial charge is 0.394 e. The summed E-state index contributed by atoms with van der Waals surface area (Å²) in [6.07, 6.45) is 0.973. The number of benzene rings is 2. The highest BCUT2D eigenvalue weighted by Crippen LogP contribution is 2.19. The smallest absolute Gasteiger partial charge is 0.253 e. The van der Waals surface area contributed by atoms with Gasteiger partial charge in [0.2, 0.25) is 10.0 Å². The molecule has 0 radical (unpaired) electrons. The lowest BCUT2D eigenvalue weighted by Crippen LogP contribution is -2.42. The monoisotopic (exact) mass is 360 g/mol. The maximum absolute atomic E-state index is 12.7. The average molecular weight is 360 g/mol. The first-order valence-corrected chi connectivity index (χ1v) is 9.57. The van der Waals surface area contributed by atoms with Crippen molar-refractivity contribution in [3.05, 3.63) is 65.7 Å². The Bertz CT molecular complexity index is 848. The van der Waals surface area contributed by atoms with Gasteiger partial charge in [0.15, 0.2) is 0 Å². The van der Waals surface area contributed by atoms with Crippen LogP contribution in [0.1, 0.15) is 28.4 Å². The summed E-state index contributed by atoms with van der Waals surface area (Å²) in [5.74, 6) is -0.162. The lowest BCUT2D eigenvalue weighted by atomic mass is 10.1. The van der Waals surface area contributed by atoms with E-state index in [4.69, 9.17) is 0 Å². The van der Waals surface area contributed by atoms with Crippen molar-refractivity contribution in [2.24, 2.45) is 0 Å². The summed E-state index contributed by atoms with van der Waals surface area (Å²) in [5.41, 5.74) is 1.02. The third-order valence-corrected chi connectivity index (χ3v) is 5.69. The van der Waals surface area contributed by atoms with Crippen LogP contribution >= 0.6 is 0 Å². The molecular formula is C18H20N2O4S. The van der Waals surface area contributed by atoms with Gasteiger partial charge in [0.1, 0.15) is 0 Å². The van der Waals surface area contributed by atoms with Crippen LogP contribution in [0.25, 0.3) is 0 Å². The van der Waals surface area contributed by atoms with Crippen LogP contribution in [-0.2, 0) is 10.0 Å².